The SMILES string of the molecule is CN=C(NCC1CCN(Cc2nc(C)c(C)o2)CC1)NC1CC(C)N(C2CC2)C1. The van der Waals surface area contributed by atoms with E-state index in [9.17, 15) is 0 Å². The maximum absolute atomic E-state index is 5.74. The summed E-state index contributed by atoms with van der Waals surface area (Å²) in [6.07, 6.45) is 6.41. The number of guanidine groups is 1. The van der Waals surface area contributed by atoms with Gasteiger partial charge in [0.15, 0.2) is 5.96 Å². The van der Waals surface area contributed by atoms with Crippen LogP contribution in [0.3, 0.4) is 0 Å². The van der Waals surface area contributed by atoms with Crippen LogP contribution in [0.25, 0.3) is 0 Å². The molecule has 0 radical (unpaired) electrons. The molecular formula is C22H38N6O. The molecule has 4 rings (SSSR count). The average Bonchev–Trinajstić information content (AvgIpc) is 3.41. The van der Waals surface area contributed by atoms with Crippen LogP contribution in [0.2, 0.25) is 0 Å². The highest BCUT2D eigenvalue weighted by molar-refractivity contribution is 5.80. The summed E-state index contributed by atoms with van der Waals surface area (Å²) in [6, 6.07) is 2.06. The van der Waals surface area contributed by atoms with Crippen LogP contribution < -0.4 is 10.6 Å². The molecule has 1 saturated carbocycles. The first-order chi connectivity index (χ1) is 14.0. The molecule has 2 atom stereocenters. The summed E-state index contributed by atoms with van der Waals surface area (Å²) in [7, 11) is 1.88. The molecule has 2 saturated heterocycles. The number of likely N-dealkylation sites (tertiary alicyclic amines) is 2. The Balaban J connectivity index is 1.16. The van der Waals surface area contributed by atoms with Crippen molar-refractivity contribution in [3.05, 3.63) is 17.3 Å². The van der Waals surface area contributed by atoms with Crippen molar-refractivity contribution in [1.82, 2.24) is 25.4 Å². The minimum Gasteiger partial charge on any atom is -0.444 e. The lowest BCUT2D eigenvalue weighted by Crippen LogP contribution is -2.47. The third-order valence-electron chi connectivity index (χ3n) is 6.90. The van der Waals surface area contributed by atoms with Crippen LogP contribution in [0.5, 0.6) is 0 Å². The van der Waals surface area contributed by atoms with Gasteiger partial charge in [-0.1, -0.05) is 0 Å². The van der Waals surface area contributed by atoms with Crippen molar-refractivity contribution in [3.8, 4) is 0 Å². The van der Waals surface area contributed by atoms with E-state index in [1.54, 1.807) is 0 Å². The van der Waals surface area contributed by atoms with Crippen molar-refractivity contribution in [2.45, 2.75) is 77.5 Å². The molecule has 2 aliphatic heterocycles. The molecule has 7 nitrogen and oxygen atoms in total. The molecule has 7 heteroatoms. The molecule has 1 aromatic rings. The maximum Gasteiger partial charge on any atom is 0.208 e. The minimum atomic E-state index is 0.520. The van der Waals surface area contributed by atoms with Gasteiger partial charge in [-0.3, -0.25) is 14.8 Å². The summed E-state index contributed by atoms with van der Waals surface area (Å²) in [5.41, 5.74) is 1.01. The second-order valence-electron chi connectivity index (χ2n) is 9.28. The zero-order valence-electron chi connectivity index (χ0n) is 18.6. The van der Waals surface area contributed by atoms with Crippen molar-refractivity contribution >= 4 is 5.96 Å². The van der Waals surface area contributed by atoms with Crippen LogP contribution in [0.1, 0.15) is 56.4 Å². The van der Waals surface area contributed by atoms with Gasteiger partial charge in [0, 0.05) is 38.3 Å². The number of oxazole rings is 1. The number of aliphatic imine (C=N–C) groups is 1. The molecule has 1 aliphatic carbocycles. The molecule has 3 fully saturated rings. The predicted octanol–water partition coefficient (Wildman–Crippen LogP) is 2.29. The van der Waals surface area contributed by atoms with Gasteiger partial charge in [0.2, 0.25) is 5.89 Å². The third kappa shape index (κ3) is 5.31. The fourth-order valence-electron chi connectivity index (χ4n) is 4.85. The van der Waals surface area contributed by atoms with E-state index in [0.29, 0.717) is 18.0 Å². The van der Waals surface area contributed by atoms with E-state index in [1.807, 2.05) is 20.9 Å². The van der Waals surface area contributed by atoms with Gasteiger partial charge < -0.3 is 15.1 Å². The first-order valence-corrected chi connectivity index (χ1v) is 11.4. The highest BCUT2D eigenvalue weighted by atomic mass is 16.4. The van der Waals surface area contributed by atoms with Crippen LogP contribution in [-0.2, 0) is 6.54 Å². The van der Waals surface area contributed by atoms with E-state index in [1.165, 1.54) is 32.1 Å². The van der Waals surface area contributed by atoms with E-state index in [0.717, 1.165) is 62.1 Å². The number of aryl methyl sites for hydroxylation is 2. The Morgan fingerprint density at radius 2 is 1.97 bits per heavy atom. The third-order valence-corrected chi connectivity index (χ3v) is 6.90. The summed E-state index contributed by atoms with van der Waals surface area (Å²) < 4.78 is 5.74. The normalized spacial score (nSPS) is 27.5. The van der Waals surface area contributed by atoms with Crippen molar-refractivity contribution in [2.75, 3.05) is 33.2 Å². The first-order valence-electron chi connectivity index (χ1n) is 11.4. The fraction of sp³-hybridized carbons (Fsp3) is 0.818. The van der Waals surface area contributed by atoms with E-state index in [-0.39, 0.29) is 0 Å². The van der Waals surface area contributed by atoms with Crippen LogP contribution in [0, 0.1) is 19.8 Å². The Kier molecular flexibility index (Phi) is 6.44. The number of aromatic nitrogens is 1. The van der Waals surface area contributed by atoms with Crippen LogP contribution in [0.4, 0.5) is 0 Å². The molecule has 0 aromatic carbocycles. The largest absolute Gasteiger partial charge is 0.444 e. The molecule has 0 bridgehead atoms. The van der Waals surface area contributed by atoms with Crippen LogP contribution in [0.15, 0.2) is 9.41 Å². The number of rotatable bonds is 6. The van der Waals surface area contributed by atoms with Crippen molar-refractivity contribution in [1.29, 1.82) is 0 Å². The molecule has 162 valence electrons. The zero-order valence-corrected chi connectivity index (χ0v) is 18.6. The summed E-state index contributed by atoms with van der Waals surface area (Å²) >= 11 is 0. The van der Waals surface area contributed by atoms with E-state index in [4.69, 9.17) is 4.42 Å². The summed E-state index contributed by atoms with van der Waals surface area (Å²) in [4.78, 5) is 14.1. The monoisotopic (exact) mass is 402 g/mol. The standard InChI is InChI=1S/C22H38N6O/c1-15-11-19(13-28(15)20-5-6-20)26-22(23-4)24-12-18-7-9-27(10-8-18)14-21-25-16(2)17(3)29-21/h15,18-20H,5-14H2,1-4H3,(H2,23,24,26). The van der Waals surface area contributed by atoms with E-state index in [2.05, 4.69) is 37.3 Å². The van der Waals surface area contributed by atoms with Gasteiger partial charge >= 0.3 is 0 Å². The smallest absolute Gasteiger partial charge is 0.208 e. The number of piperidine rings is 1. The number of nitrogens with zero attached hydrogens (tertiary/aromatic N) is 4. The highest BCUT2D eigenvalue weighted by Gasteiger charge is 2.38. The number of nitrogens with one attached hydrogen (secondary N) is 2. The Hall–Kier alpha value is -1.60. The number of hydrogen-bond acceptors (Lipinski definition) is 5. The topological polar surface area (TPSA) is 68.9 Å². The molecule has 0 amide bonds. The van der Waals surface area contributed by atoms with Gasteiger partial charge in [-0.2, -0.15) is 0 Å². The predicted molar refractivity (Wildman–Crippen MR) is 116 cm³/mol. The fourth-order valence-corrected chi connectivity index (χ4v) is 4.85. The minimum absolute atomic E-state index is 0.520. The summed E-state index contributed by atoms with van der Waals surface area (Å²) in [5, 5.41) is 7.25. The molecule has 2 N–H and O–H groups in total. The van der Waals surface area contributed by atoms with E-state index >= 15 is 0 Å². The lowest BCUT2D eigenvalue weighted by molar-refractivity contribution is 0.164. The molecule has 1 aromatic heterocycles. The Bertz CT molecular complexity index is 685. The first kappa shape index (κ1) is 20.7. The Labute approximate surface area is 175 Å². The lowest BCUT2D eigenvalue weighted by Gasteiger charge is -2.31. The van der Waals surface area contributed by atoms with E-state index < -0.39 is 0 Å². The van der Waals surface area contributed by atoms with Gasteiger partial charge in [0.25, 0.3) is 0 Å². The molecule has 2 unspecified atom stereocenters. The molecule has 3 heterocycles. The summed E-state index contributed by atoms with van der Waals surface area (Å²) in [5.74, 6) is 3.46. The zero-order chi connectivity index (χ0) is 20.4. The second-order valence-corrected chi connectivity index (χ2v) is 9.28. The van der Waals surface area contributed by atoms with Crippen molar-refractivity contribution in [3.63, 3.8) is 0 Å². The highest BCUT2D eigenvalue weighted by Crippen LogP contribution is 2.33. The lowest BCUT2D eigenvalue weighted by atomic mass is 9.97. The van der Waals surface area contributed by atoms with Crippen LogP contribution >= 0.6 is 0 Å². The Morgan fingerprint density at radius 1 is 1.21 bits per heavy atom. The molecule has 0 spiro atoms. The van der Waals surface area contributed by atoms with Gasteiger partial charge in [0.1, 0.15) is 5.76 Å². The van der Waals surface area contributed by atoms with Gasteiger partial charge in [-0.15, -0.1) is 0 Å². The summed E-state index contributed by atoms with van der Waals surface area (Å²) in [6.45, 7) is 11.6. The van der Waals surface area contributed by atoms with Crippen LogP contribution in [-0.4, -0.2) is 72.1 Å². The molecular weight excluding hydrogens is 364 g/mol. The molecule has 3 aliphatic rings. The molecule has 29 heavy (non-hydrogen) atoms. The number of hydrogen-bond donors (Lipinski definition) is 2. The average molecular weight is 403 g/mol. The van der Waals surface area contributed by atoms with Crippen molar-refractivity contribution in [2.24, 2.45) is 10.9 Å². The Morgan fingerprint density at radius 3 is 2.59 bits per heavy atom. The van der Waals surface area contributed by atoms with Gasteiger partial charge in [0.05, 0.1) is 12.2 Å². The second kappa shape index (κ2) is 9.04. The van der Waals surface area contributed by atoms with Gasteiger partial charge in [-0.25, -0.2) is 4.98 Å². The van der Waals surface area contributed by atoms with Gasteiger partial charge in [-0.05, 0) is 71.9 Å². The van der Waals surface area contributed by atoms with Crippen molar-refractivity contribution < 1.29 is 4.42 Å². The maximum atomic E-state index is 5.74. The quantitative estimate of drug-likeness (QED) is 0.562.